The Bertz CT molecular complexity index is 1460. The maximum Gasteiger partial charge on any atom is 0.0560 e. The molecule has 0 aliphatic carbocycles. The van der Waals surface area contributed by atoms with Gasteiger partial charge in [0.25, 0.3) is 0 Å². The Hall–Kier alpha value is -4.68. The average molecular weight is 487 g/mol. The Morgan fingerprint density at radius 1 is 0.289 bits per heavy atom. The highest BCUT2D eigenvalue weighted by atomic mass is 14.5. The highest BCUT2D eigenvalue weighted by molar-refractivity contribution is 5.65. The van der Waals surface area contributed by atoms with Crippen LogP contribution in [0.1, 0.15) is 33.7 Å². The molecular formula is C38H30. The summed E-state index contributed by atoms with van der Waals surface area (Å²) in [5.74, 6) is 0.0423. The van der Waals surface area contributed by atoms with Crippen LogP contribution in [0, 0.1) is 0 Å². The van der Waals surface area contributed by atoms with E-state index in [2.05, 4.69) is 176 Å². The second-order valence-electron chi connectivity index (χ2n) is 9.74. The molecule has 182 valence electrons. The fraction of sp³-hybridized carbons (Fsp3) is 0.0526. The summed E-state index contributed by atoms with van der Waals surface area (Å²) in [6, 6.07) is 63.8. The Labute approximate surface area is 225 Å². The van der Waals surface area contributed by atoms with E-state index in [1.807, 2.05) is 0 Å². The number of hydrogen-bond acceptors (Lipinski definition) is 0. The largest absolute Gasteiger partial charge is 0.0622 e. The molecule has 0 heteroatoms. The van der Waals surface area contributed by atoms with Crippen molar-refractivity contribution in [2.24, 2.45) is 0 Å². The van der Waals surface area contributed by atoms with Crippen molar-refractivity contribution in [3.8, 4) is 11.1 Å². The maximum absolute atomic E-state index is 2.32. The van der Waals surface area contributed by atoms with Gasteiger partial charge in [0.05, 0.1) is 5.41 Å². The van der Waals surface area contributed by atoms with Crippen molar-refractivity contribution in [1.29, 1.82) is 0 Å². The van der Waals surface area contributed by atoms with Crippen molar-refractivity contribution in [3.05, 3.63) is 204 Å². The lowest BCUT2D eigenvalue weighted by Gasteiger charge is -2.43. The van der Waals surface area contributed by atoms with Crippen LogP contribution >= 0.6 is 0 Å². The van der Waals surface area contributed by atoms with E-state index in [1.165, 1.54) is 38.9 Å². The van der Waals surface area contributed by atoms with E-state index in [9.17, 15) is 0 Å². The highest BCUT2D eigenvalue weighted by Crippen LogP contribution is 2.52. The Balaban J connectivity index is 1.67. The van der Waals surface area contributed by atoms with E-state index in [4.69, 9.17) is 0 Å². The first kappa shape index (κ1) is 23.7. The summed E-state index contributed by atoms with van der Waals surface area (Å²) in [7, 11) is 0. The van der Waals surface area contributed by atoms with Crippen LogP contribution in [0.2, 0.25) is 0 Å². The summed E-state index contributed by atoms with van der Waals surface area (Å²) in [4.78, 5) is 0. The van der Waals surface area contributed by atoms with Crippen LogP contribution < -0.4 is 0 Å². The van der Waals surface area contributed by atoms with Crippen LogP contribution in [0.25, 0.3) is 11.1 Å². The number of rotatable bonds is 7. The molecule has 0 spiro atoms. The molecule has 0 saturated heterocycles. The monoisotopic (exact) mass is 486 g/mol. The third-order valence-corrected chi connectivity index (χ3v) is 7.60. The molecule has 0 fully saturated rings. The van der Waals surface area contributed by atoms with Gasteiger partial charge in [-0.05, 0) is 38.9 Å². The molecule has 0 nitrogen and oxygen atoms in total. The van der Waals surface area contributed by atoms with Gasteiger partial charge in [0.2, 0.25) is 0 Å². The zero-order valence-electron chi connectivity index (χ0n) is 21.3. The van der Waals surface area contributed by atoms with Gasteiger partial charge in [0.1, 0.15) is 0 Å². The molecule has 6 aromatic rings. The van der Waals surface area contributed by atoms with Crippen molar-refractivity contribution in [1.82, 2.24) is 0 Å². The minimum Gasteiger partial charge on any atom is -0.0622 e. The molecule has 0 saturated carbocycles. The summed E-state index contributed by atoms with van der Waals surface area (Å²) < 4.78 is 0. The van der Waals surface area contributed by atoms with Crippen LogP contribution in [-0.2, 0) is 5.41 Å². The molecule has 0 amide bonds. The van der Waals surface area contributed by atoms with E-state index in [-0.39, 0.29) is 5.92 Å². The molecule has 0 aromatic heterocycles. The number of hydrogen-bond donors (Lipinski definition) is 0. The average Bonchev–Trinajstić information content (AvgIpc) is 3.02. The second kappa shape index (κ2) is 10.7. The van der Waals surface area contributed by atoms with Gasteiger partial charge in [-0.3, -0.25) is 0 Å². The zero-order valence-corrected chi connectivity index (χ0v) is 21.3. The molecule has 0 N–H and O–H groups in total. The van der Waals surface area contributed by atoms with Crippen LogP contribution in [0.15, 0.2) is 176 Å². The molecule has 1 atom stereocenters. The molecule has 6 aromatic carbocycles. The number of benzene rings is 6. The van der Waals surface area contributed by atoms with E-state index >= 15 is 0 Å². The van der Waals surface area contributed by atoms with Gasteiger partial charge in [-0.2, -0.15) is 0 Å². The fourth-order valence-electron chi connectivity index (χ4n) is 5.94. The van der Waals surface area contributed by atoms with Gasteiger partial charge in [-0.1, -0.05) is 176 Å². The van der Waals surface area contributed by atoms with E-state index in [0.717, 1.165) is 0 Å². The Kier molecular flexibility index (Phi) is 6.70. The fourth-order valence-corrected chi connectivity index (χ4v) is 5.94. The van der Waals surface area contributed by atoms with Crippen molar-refractivity contribution >= 4 is 0 Å². The summed E-state index contributed by atoms with van der Waals surface area (Å²) >= 11 is 0. The SMILES string of the molecule is c1ccc(-c2ccc([C@H](c3ccccc3)C(c3ccccc3)(c3ccccc3)c3ccccc3)cc2)cc1. The van der Waals surface area contributed by atoms with Crippen molar-refractivity contribution in [3.63, 3.8) is 0 Å². The van der Waals surface area contributed by atoms with Gasteiger partial charge >= 0.3 is 0 Å². The molecule has 6 rings (SSSR count). The topological polar surface area (TPSA) is 0 Å². The molecular weight excluding hydrogens is 456 g/mol. The normalized spacial score (nSPS) is 12.1. The predicted octanol–water partition coefficient (Wildman–Crippen LogP) is 9.52. The zero-order chi connectivity index (χ0) is 25.6. The van der Waals surface area contributed by atoms with E-state index in [0.29, 0.717) is 0 Å². The summed E-state index contributed by atoms with van der Waals surface area (Å²) in [6.45, 7) is 0. The van der Waals surface area contributed by atoms with Gasteiger partial charge < -0.3 is 0 Å². The summed E-state index contributed by atoms with van der Waals surface area (Å²) in [5, 5.41) is 0. The third-order valence-electron chi connectivity index (χ3n) is 7.60. The van der Waals surface area contributed by atoms with Crippen LogP contribution in [0.4, 0.5) is 0 Å². The Morgan fingerprint density at radius 2 is 0.605 bits per heavy atom. The van der Waals surface area contributed by atoms with Crippen LogP contribution in [0.5, 0.6) is 0 Å². The first-order valence-electron chi connectivity index (χ1n) is 13.2. The van der Waals surface area contributed by atoms with Crippen molar-refractivity contribution in [2.45, 2.75) is 11.3 Å². The second-order valence-corrected chi connectivity index (χ2v) is 9.74. The van der Waals surface area contributed by atoms with Gasteiger partial charge in [-0.15, -0.1) is 0 Å². The smallest absolute Gasteiger partial charge is 0.0560 e. The van der Waals surface area contributed by atoms with E-state index < -0.39 is 5.41 Å². The third kappa shape index (κ3) is 4.35. The van der Waals surface area contributed by atoms with Crippen LogP contribution in [0.3, 0.4) is 0 Å². The Morgan fingerprint density at radius 3 is 1.03 bits per heavy atom. The standard InChI is InChI=1S/C38H30/c1-6-16-30(17-7-1)31-26-28-33(29-27-31)37(32-18-8-2-9-19-32)38(34-20-10-3-11-21-34,35-22-12-4-13-23-35)36-24-14-5-15-25-36/h1-29,37H/t37-/m0/s1. The lowest BCUT2D eigenvalue weighted by atomic mass is 9.58. The van der Waals surface area contributed by atoms with E-state index in [1.54, 1.807) is 0 Å². The first-order chi connectivity index (χ1) is 18.9. The van der Waals surface area contributed by atoms with Gasteiger partial charge in [0, 0.05) is 5.92 Å². The molecule has 0 unspecified atom stereocenters. The van der Waals surface area contributed by atoms with Gasteiger partial charge in [-0.25, -0.2) is 0 Å². The first-order valence-corrected chi connectivity index (χ1v) is 13.2. The molecule has 0 aliphatic heterocycles. The minimum absolute atomic E-state index is 0.0423. The lowest BCUT2D eigenvalue weighted by molar-refractivity contribution is 0.537. The van der Waals surface area contributed by atoms with Gasteiger partial charge in [0.15, 0.2) is 0 Å². The molecule has 38 heavy (non-hydrogen) atoms. The molecule has 0 bridgehead atoms. The van der Waals surface area contributed by atoms with Crippen LogP contribution in [-0.4, -0.2) is 0 Å². The molecule has 0 radical (unpaired) electrons. The summed E-state index contributed by atoms with van der Waals surface area (Å²) in [5.41, 5.74) is 8.42. The highest BCUT2D eigenvalue weighted by Gasteiger charge is 2.45. The molecule has 0 aliphatic rings. The quantitative estimate of drug-likeness (QED) is 0.197. The summed E-state index contributed by atoms with van der Waals surface area (Å²) in [6.07, 6.45) is 0. The molecule has 0 heterocycles. The maximum atomic E-state index is 2.32. The van der Waals surface area contributed by atoms with Crippen molar-refractivity contribution in [2.75, 3.05) is 0 Å². The lowest BCUT2D eigenvalue weighted by Crippen LogP contribution is -2.37. The van der Waals surface area contributed by atoms with Crippen molar-refractivity contribution < 1.29 is 0 Å². The minimum atomic E-state index is -0.445. The predicted molar refractivity (Wildman–Crippen MR) is 159 cm³/mol.